The molecule has 0 aliphatic heterocycles. The van der Waals surface area contributed by atoms with E-state index in [2.05, 4.69) is 15.5 Å². The maximum absolute atomic E-state index is 13.7. The van der Waals surface area contributed by atoms with Crippen LogP contribution in [0.15, 0.2) is 72.1 Å². The van der Waals surface area contributed by atoms with Gasteiger partial charge in [-0.2, -0.15) is 5.10 Å². The summed E-state index contributed by atoms with van der Waals surface area (Å²) >= 11 is 0. The van der Waals surface area contributed by atoms with E-state index in [0.29, 0.717) is 11.1 Å². The number of benzene rings is 2. The summed E-state index contributed by atoms with van der Waals surface area (Å²) in [7, 11) is 1.40. The average Bonchev–Trinajstić information content (AvgIpc) is 2.75. The minimum absolute atomic E-state index is 0.124. The van der Waals surface area contributed by atoms with Gasteiger partial charge in [0.05, 0.1) is 18.9 Å². The summed E-state index contributed by atoms with van der Waals surface area (Å²) in [5, 5.41) is 3.89. The first-order valence-electron chi connectivity index (χ1n) is 8.46. The van der Waals surface area contributed by atoms with Gasteiger partial charge in [-0.25, -0.2) is 14.6 Å². The van der Waals surface area contributed by atoms with E-state index in [9.17, 15) is 14.0 Å². The second-order valence-electron chi connectivity index (χ2n) is 5.71. The maximum Gasteiger partial charge on any atom is 0.346 e. The van der Waals surface area contributed by atoms with Gasteiger partial charge in [-0.1, -0.05) is 12.1 Å². The monoisotopic (exact) mass is 393 g/mol. The number of hydrogen-bond acceptors (Lipinski definition) is 6. The van der Waals surface area contributed by atoms with Gasteiger partial charge < -0.3 is 9.47 Å². The van der Waals surface area contributed by atoms with Crippen molar-refractivity contribution in [2.75, 3.05) is 7.11 Å². The van der Waals surface area contributed by atoms with Crippen LogP contribution in [0.1, 0.15) is 26.3 Å². The van der Waals surface area contributed by atoms with E-state index in [1.165, 1.54) is 56.0 Å². The van der Waals surface area contributed by atoms with Gasteiger partial charge in [0, 0.05) is 18.0 Å². The molecule has 1 amide bonds. The molecule has 1 heterocycles. The number of pyridine rings is 1. The normalized spacial score (nSPS) is 10.6. The Balaban J connectivity index is 1.69. The quantitative estimate of drug-likeness (QED) is 0.301. The van der Waals surface area contributed by atoms with Crippen LogP contribution in [-0.2, 0) is 0 Å². The van der Waals surface area contributed by atoms with Crippen molar-refractivity contribution in [1.29, 1.82) is 0 Å². The molecule has 29 heavy (non-hydrogen) atoms. The summed E-state index contributed by atoms with van der Waals surface area (Å²) < 4.78 is 24.2. The standard InChI is InChI=1S/C21H16FN3O4/c1-28-19-12-14(13-24-25-20(26)15-8-10-23-11-9-15)6-7-18(19)29-21(27)16-4-2-3-5-17(16)22/h2-13H,1H3,(H,25,26)/b24-13+. The molecule has 0 bridgehead atoms. The summed E-state index contributed by atoms with van der Waals surface area (Å²) in [6.07, 6.45) is 4.42. The molecule has 0 atom stereocenters. The average molecular weight is 393 g/mol. The number of aromatic nitrogens is 1. The lowest BCUT2D eigenvalue weighted by Gasteiger charge is -2.10. The first-order chi connectivity index (χ1) is 14.1. The van der Waals surface area contributed by atoms with E-state index >= 15 is 0 Å². The third kappa shape index (κ3) is 5.01. The van der Waals surface area contributed by atoms with Crippen molar-refractivity contribution in [2.24, 2.45) is 5.10 Å². The fourth-order valence-corrected chi connectivity index (χ4v) is 2.36. The predicted molar refractivity (Wildman–Crippen MR) is 104 cm³/mol. The highest BCUT2D eigenvalue weighted by molar-refractivity contribution is 5.95. The largest absolute Gasteiger partial charge is 0.493 e. The van der Waals surface area contributed by atoms with Crippen molar-refractivity contribution in [2.45, 2.75) is 0 Å². The molecule has 0 unspecified atom stereocenters. The lowest BCUT2D eigenvalue weighted by Crippen LogP contribution is -2.17. The van der Waals surface area contributed by atoms with Gasteiger partial charge in [-0.3, -0.25) is 9.78 Å². The van der Waals surface area contributed by atoms with Crippen LogP contribution in [0, 0.1) is 5.82 Å². The Hall–Kier alpha value is -4.07. The van der Waals surface area contributed by atoms with E-state index in [4.69, 9.17) is 9.47 Å². The van der Waals surface area contributed by atoms with Gasteiger partial charge in [0.15, 0.2) is 11.5 Å². The van der Waals surface area contributed by atoms with Crippen LogP contribution < -0.4 is 14.9 Å². The number of halogens is 1. The Morgan fingerprint density at radius 3 is 2.55 bits per heavy atom. The van der Waals surface area contributed by atoms with Gasteiger partial charge in [-0.05, 0) is 48.0 Å². The second kappa shape index (κ2) is 9.23. The predicted octanol–water partition coefficient (Wildman–Crippen LogP) is 3.21. The number of carbonyl (C=O) groups is 2. The molecule has 3 rings (SSSR count). The number of hydrogen-bond donors (Lipinski definition) is 1. The molecular formula is C21H16FN3O4. The first kappa shape index (κ1) is 19.7. The Bertz CT molecular complexity index is 1050. The van der Waals surface area contributed by atoms with E-state index in [-0.39, 0.29) is 23.0 Å². The zero-order chi connectivity index (χ0) is 20.6. The van der Waals surface area contributed by atoms with Gasteiger partial charge in [0.25, 0.3) is 5.91 Å². The molecule has 1 aromatic heterocycles. The molecule has 0 saturated heterocycles. The van der Waals surface area contributed by atoms with Crippen LogP contribution >= 0.6 is 0 Å². The van der Waals surface area contributed by atoms with Crippen molar-refractivity contribution in [1.82, 2.24) is 10.4 Å². The molecule has 0 saturated carbocycles. The molecule has 146 valence electrons. The van der Waals surface area contributed by atoms with Crippen molar-refractivity contribution in [3.05, 3.63) is 89.5 Å². The number of amides is 1. The van der Waals surface area contributed by atoms with E-state index < -0.39 is 11.8 Å². The summed E-state index contributed by atoms with van der Waals surface area (Å²) in [6, 6.07) is 13.3. The first-order valence-corrected chi connectivity index (χ1v) is 8.46. The molecule has 0 radical (unpaired) electrons. The van der Waals surface area contributed by atoms with Crippen LogP contribution in [0.5, 0.6) is 11.5 Å². The molecule has 7 nitrogen and oxygen atoms in total. The molecule has 2 aromatic carbocycles. The van der Waals surface area contributed by atoms with Crippen LogP contribution in [0.4, 0.5) is 4.39 Å². The molecule has 8 heteroatoms. The van der Waals surface area contributed by atoms with Gasteiger partial charge in [0.2, 0.25) is 0 Å². The molecule has 0 aliphatic carbocycles. The number of nitrogens with one attached hydrogen (secondary N) is 1. The van der Waals surface area contributed by atoms with Crippen LogP contribution in [0.3, 0.4) is 0 Å². The van der Waals surface area contributed by atoms with Crippen molar-refractivity contribution in [3.8, 4) is 11.5 Å². The smallest absolute Gasteiger partial charge is 0.346 e. The fraction of sp³-hybridized carbons (Fsp3) is 0.0476. The summed E-state index contributed by atoms with van der Waals surface area (Å²) in [4.78, 5) is 27.9. The van der Waals surface area contributed by atoms with Crippen LogP contribution in [0.25, 0.3) is 0 Å². The zero-order valence-corrected chi connectivity index (χ0v) is 15.3. The van der Waals surface area contributed by atoms with Gasteiger partial charge in [0.1, 0.15) is 5.82 Å². The highest BCUT2D eigenvalue weighted by Crippen LogP contribution is 2.28. The number of carbonyl (C=O) groups excluding carboxylic acids is 2. The number of hydrazone groups is 1. The Labute approximate surface area is 165 Å². The maximum atomic E-state index is 13.7. The van der Waals surface area contributed by atoms with Gasteiger partial charge in [-0.15, -0.1) is 0 Å². The highest BCUT2D eigenvalue weighted by Gasteiger charge is 2.16. The lowest BCUT2D eigenvalue weighted by molar-refractivity contribution is 0.0724. The van der Waals surface area contributed by atoms with E-state index in [1.54, 1.807) is 24.3 Å². The number of rotatable bonds is 6. The lowest BCUT2D eigenvalue weighted by atomic mass is 10.2. The molecule has 1 N–H and O–H groups in total. The third-order valence-electron chi connectivity index (χ3n) is 3.81. The Kier molecular flexibility index (Phi) is 6.26. The molecule has 0 fully saturated rings. The summed E-state index contributed by atoms with van der Waals surface area (Å²) in [5.74, 6) is -1.53. The number of esters is 1. The SMILES string of the molecule is COc1cc(/C=N/NC(=O)c2ccncc2)ccc1OC(=O)c1ccccc1F. The molecule has 0 aliphatic rings. The number of methoxy groups -OCH3 is 1. The van der Waals surface area contributed by atoms with E-state index in [0.717, 1.165) is 0 Å². The molecular weight excluding hydrogens is 377 g/mol. The second-order valence-corrected chi connectivity index (χ2v) is 5.71. The Morgan fingerprint density at radius 2 is 1.83 bits per heavy atom. The van der Waals surface area contributed by atoms with Crippen LogP contribution in [0.2, 0.25) is 0 Å². The molecule has 0 spiro atoms. The fourth-order valence-electron chi connectivity index (χ4n) is 2.36. The summed E-state index contributed by atoms with van der Waals surface area (Å²) in [5.41, 5.74) is 3.22. The van der Waals surface area contributed by atoms with Gasteiger partial charge >= 0.3 is 5.97 Å². The minimum Gasteiger partial charge on any atom is -0.493 e. The van der Waals surface area contributed by atoms with Crippen molar-refractivity contribution >= 4 is 18.1 Å². The van der Waals surface area contributed by atoms with Crippen LogP contribution in [-0.4, -0.2) is 30.2 Å². The number of nitrogens with zero attached hydrogens (tertiary/aromatic N) is 2. The summed E-state index contributed by atoms with van der Waals surface area (Å²) in [6.45, 7) is 0. The molecule has 3 aromatic rings. The number of ether oxygens (including phenoxy) is 2. The highest BCUT2D eigenvalue weighted by atomic mass is 19.1. The Morgan fingerprint density at radius 1 is 1.07 bits per heavy atom. The zero-order valence-electron chi connectivity index (χ0n) is 15.3. The van der Waals surface area contributed by atoms with E-state index in [1.807, 2.05) is 0 Å². The minimum atomic E-state index is -0.840. The van der Waals surface area contributed by atoms with Crippen molar-refractivity contribution < 1.29 is 23.5 Å². The topological polar surface area (TPSA) is 89.9 Å². The third-order valence-corrected chi connectivity index (χ3v) is 3.81. The van der Waals surface area contributed by atoms with Crippen molar-refractivity contribution in [3.63, 3.8) is 0 Å².